The Morgan fingerprint density at radius 2 is 1.91 bits per heavy atom. The third-order valence-electron chi connectivity index (χ3n) is 4.78. The molecule has 2 heterocycles. The highest BCUT2D eigenvalue weighted by Crippen LogP contribution is 2.31. The van der Waals surface area contributed by atoms with Crippen molar-refractivity contribution < 1.29 is 28.3 Å². The summed E-state index contributed by atoms with van der Waals surface area (Å²) in [7, 11) is 0. The smallest absolute Gasteiger partial charge is 0.325 e. The Kier molecular flexibility index (Phi) is 8.49. The number of aromatic nitrogens is 1. The van der Waals surface area contributed by atoms with E-state index in [9.17, 15) is 23.6 Å². The maximum absolute atomic E-state index is 13.7. The second kappa shape index (κ2) is 11.5. The van der Waals surface area contributed by atoms with E-state index in [2.05, 4.69) is 9.69 Å². The van der Waals surface area contributed by atoms with Gasteiger partial charge in [0.25, 0.3) is 11.8 Å². The Morgan fingerprint density at radius 1 is 1.20 bits per heavy atom. The summed E-state index contributed by atoms with van der Waals surface area (Å²) in [5, 5.41) is 4.27. The maximum Gasteiger partial charge on any atom is 0.325 e. The number of thiophene rings is 1. The molecule has 0 aliphatic carbocycles. The Balaban J connectivity index is 2.05. The predicted molar refractivity (Wildman–Crippen MR) is 128 cm³/mol. The number of halogens is 1. The highest BCUT2D eigenvalue weighted by Gasteiger charge is 2.35. The molecular formula is C22H22FN5O5S2. The Morgan fingerprint density at radius 3 is 2.49 bits per heavy atom. The summed E-state index contributed by atoms with van der Waals surface area (Å²) < 4.78 is 22.4. The van der Waals surface area contributed by atoms with Gasteiger partial charge in [0, 0.05) is 4.88 Å². The highest BCUT2D eigenvalue weighted by atomic mass is 32.1. The molecule has 0 radical (unpaired) electrons. The van der Waals surface area contributed by atoms with E-state index in [0.29, 0.717) is 11.5 Å². The van der Waals surface area contributed by atoms with Crippen molar-refractivity contribution in [1.82, 2.24) is 14.6 Å². The number of carbonyl (C=O) groups excluding carboxylic acids is 4. The van der Waals surface area contributed by atoms with Crippen molar-refractivity contribution in [2.45, 2.75) is 19.5 Å². The van der Waals surface area contributed by atoms with Gasteiger partial charge < -0.3 is 26.4 Å². The molecule has 13 heteroatoms. The minimum Gasteiger partial charge on any atom is -0.465 e. The number of amides is 3. The molecule has 0 aliphatic heterocycles. The molecule has 3 aromatic rings. The van der Waals surface area contributed by atoms with E-state index in [4.69, 9.17) is 16.2 Å². The molecule has 0 spiro atoms. The first-order valence-electron chi connectivity index (χ1n) is 10.3. The topological polar surface area (TPSA) is 158 Å². The molecule has 0 fully saturated rings. The van der Waals surface area contributed by atoms with E-state index < -0.39 is 42.1 Å². The lowest BCUT2D eigenvalue weighted by Crippen LogP contribution is -2.44. The van der Waals surface area contributed by atoms with Gasteiger partial charge in [-0.25, -0.2) is 4.39 Å². The summed E-state index contributed by atoms with van der Waals surface area (Å²) in [6.45, 7) is 1.31. The maximum atomic E-state index is 13.7. The molecule has 5 N–H and O–H groups in total. The molecule has 1 atom stereocenters. The number of hydrogen-bond acceptors (Lipinski definition) is 9. The van der Waals surface area contributed by atoms with Crippen LogP contribution in [0.3, 0.4) is 0 Å². The average molecular weight is 520 g/mol. The summed E-state index contributed by atoms with van der Waals surface area (Å²) in [5.41, 5.74) is 11.1. The number of anilines is 1. The molecule has 1 aromatic carbocycles. The van der Waals surface area contributed by atoms with Crippen molar-refractivity contribution in [2.75, 3.05) is 18.9 Å². The Hall–Kier alpha value is -3.84. The van der Waals surface area contributed by atoms with Crippen LogP contribution in [0.1, 0.15) is 43.6 Å². The number of benzene rings is 1. The van der Waals surface area contributed by atoms with Crippen molar-refractivity contribution in [3.63, 3.8) is 0 Å². The third kappa shape index (κ3) is 6.19. The summed E-state index contributed by atoms with van der Waals surface area (Å²) in [6.07, 6.45) is 0. The number of nitrogens with zero attached hydrogens (tertiary/aromatic N) is 2. The van der Waals surface area contributed by atoms with E-state index in [0.717, 1.165) is 17.0 Å². The van der Waals surface area contributed by atoms with Crippen LogP contribution in [0.25, 0.3) is 0 Å². The number of esters is 1. The second-order valence-corrected chi connectivity index (χ2v) is 8.93. The van der Waals surface area contributed by atoms with E-state index in [1.807, 2.05) is 0 Å². The van der Waals surface area contributed by atoms with Crippen LogP contribution < -0.4 is 16.8 Å². The lowest BCUT2D eigenvalue weighted by atomic mass is 10.0. The number of ether oxygens (including phenoxy) is 1. The number of primary amides is 1. The summed E-state index contributed by atoms with van der Waals surface area (Å²) in [4.78, 5) is 52.3. The van der Waals surface area contributed by atoms with Crippen LogP contribution in [0.4, 0.5) is 10.1 Å². The van der Waals surface area contributed by atoms with Gasteiger partial charge in [-0.05, 0) is 47.6 Å². The van der Waals surface area contributed by atoms with Crippen molar-refractivity contribution in [1.29, 1.82) is 0 Å². The summed E-state index contributed by atoms with van der Waals surface area (Å²) in [6, 6.07) is 7.31. The van der Waals surface area contributed by atoms with Gasteiger partial charge in [0.05, 0.1) is 18.8 Å². The molecule has 35 heavy (non-hydrogen) atoms. The van der Waals surface area contributed by atoms with E-state index in [1.165, 1.54) is 28.4 Å². The Bertz CT molecular complexity index is 1210. The third-order valence-corrected chi connectivity index (χ3v) is 6.49. The molecular weight excluding hydrogens is 497 g/mol. The van der Waals surface area contributed by atoms with Crippen LogP contribution in [0.5, 0.6) is 0 Å². The lowest BCUT2D eigenvalue weighted by Gasteiger charge is -2.31. The van der Waals surface area contributed by atoms with Crippen LogP contribution in [0.2, 0.25) is 0 Å². The molecule has 2 aromatic heterocycles. The molecule has 184 valence electrons. The van der Waals surface area contributed by atoms with Gasteiger partial charge in [-0.1, -0.05) is 18.2 Å². The SMILES string of the molecule is CCOC(=O)CNC(=O)[C@@H](c1ccc(F)cc1)N(Cc1cccs1)C(=O)c1snc(C(N)=O)c1N. The van der Waals surface area contributed by atoms with Crippen LogP contribution in [-0.4, -0.2) is 46.1 Å². The summed E-state index contributed by atoms with van der Waals surface area (Å²) >= 11 is 2.03. The van der Waals surface area contributed by atoms with Crippen LogP contribution in [0, 0.1) is 5.82 Å². The zero-order valence-corrected chi connectivity index (χ0v) is 20.2. The summed E-state index contributed by atoms with van der Waals surface area (Å²) in [5.74, 6) is -3.49. The van der Waals surface area contributed by atoms with Crippen molar-refractivity contribution in [3.8, 4) is 0 Å². The van der Waals surface area contributed by atoms with E-state index in [1.54, 1.807) is 24.4 Å². The molecule has 10 nitrogen and oxygen atoms in total. The van der Waals surface area contributed by atoms with Crippen LogP contribution in [0.15, 0.2) is 41.8 Å². The molecule has 0 unspecified atom stereocenters. The number of hydrogen-bond donors (Lipinski definition) is 3. The number of carbonyl (C=O) groups is 4. The first-order chi connectivity index (χ1) is 16.7. The normalized spacial score (nSPS) is 11.5. The first-order valence-corrected chi connectivity index (χ1v) is 11.9. The largest absolute Gasteiger partial charge is 0.465 e. The molecule has 0 bridgehead atoms. The zero-order valence-electron chi connectivity index (χ0n) is 18.5. The van der Waals surface area contributed by atoms with Crippen molar-refractivity contribution in [2.24, 2.45) is 5.73 Å². The quantitative estimate of drug-likeness (QED) is 0.346. The van der Waals surface area contributed by atoms with Gasteiger partial charge in [-0.2, -0.15) is 4.37 Å². The fourth-order valence-electron chi connectivity index (χ4n) is 3.20. The molecule has 0 aliphatic rings. The van der Waals surface area contributed by atoms with Gasteiger partial charge in [0.2, 0.25) is 5.91 Å². The fourth-order valence-corrected chi connectivity index (χ4v) is 4.66. The minimum atomic E-state index is -1.28. The number of nitrogens with one attached hydrogen (secondary N) is 1. The molecule has 0 saturated carbocycles. The predicted octanol–water partition coefficient (Wildman–Crippen LogP) is 2.09. The highest BCUT2D eigenvalue weighted by molar-refractivity contribution is 7.10. The van der Waals surface area contributed by atoms with Gasteiger partial charge >= 0.3 is 5.97 Å². The fraction of sp³-hybridized carbons (Fsp3) is 0.227. The number of nitrogens with two attached hydrogens (primary N) is 2. The van der Waals surface area contributed by atoms with Gasteiger partial charge in [-0.3, -0.25) is 19.2 Å². The zero-order chi connectivity index (χ0) is 25.5. The molecule has 3 amide bonds. The molecule has 0 saturated heterocycles. The van der Waals surface area contributed by atoms with E-state index >= 15 is 0 Å². The van der Waals surface area contributed by atoms with Crippen molar-refractivity contribution >= 4 is 52.2 Å². The number of nitrogen functional groups attached to an aromatic ring is 1. The number of rotatable bonds is 10. The van der Waals surface area contributed by atoms with E-state index in [-0.39, 0.29) is 35.0 Å². The average Bonchev–Trinajstić information content (AvgIpc) is 3.47. The van der Waals surface area contributed by atoms with Gasteiger partial charge in [-0.15, -0.1) is 11.3 Å². The Labute approximate surface area is 207 Å². The van der Waals surface area contributed by atoms with Gasteiger partial charge in [0.15, 0.2) is 5.69 Å². The second-order valence-electron chi connectivity index (χ2n) is 7.13. The monoisotopic (exact) mass is 519 g/mol. The van der Waals surface area contributed by atoms with Crippen molar-refractivity contribution in [3.05, 3.63) is 68.6 Å². The standard InChI is InChI=1S/C22H22FN5O5S2/c1-2-33-15(29)10-26-21(31)18(12-5-7-13(23)8-6-12)28(11-14-4-3-9-34-14)22(32)19-16(24)17(20(25)30)27-35-19/h3-9,18H,2,10-11,24H2,1H3,(H2,25,30)(H,26,31)/t18-/m1/s1. The first kappa shape index (κ1) is 25.8. The van der Waals surface area contributed by atoms with Gasteiger partial charge in [0.1, 0.15) is 23.3 Å². The van der Waals surface area contributed by atoms with Crippen LogP contribution in [-0.2, 0) is 20.9 Å². The lowest BCUT2D eigenvalue weighted by molar-refractivity contribution is -0.143. The van der Waals surface area contributed by atoms with Crippen LogP contribution >= 0.6 is 22.9 Å². The minimum absolute atomic E-state index is 0.0192. The molecule has 3 rings (SSSR count).